The summed E-state index contributed by atoms with van der Waals surface area (Å²) in [5.74, 6) is 3.17. The molecular weight excluding hydrogens is 200 g/mol. The third-order valence-corrected chi connectivity index (χ3v) is 4.93. The number of fused-ring (bicyclic) bond motifs is 5. The van der Waals surface area contributed by atoms with Crippen molar-refractivity contribution in [2.45, 2.75) is 37.9 Å². The third kappa shape index (κ3) is 1.32. The Morgan fingerprint density at radius 3 is 2.38 bits per heavy atom. The number of rotatable bonds is 4. The highest BCUT2D eigenvalue weighted by Crippen LogP contribution is 2.60. The zero-order chi connectivity index (χ0) is 11.1. The lowest BCUT2D eigenvalue weighted by atomic mass is 9.79. The predicted octanol–water partition coefficient (Wildman–Crippen LogP) is 3.11. The highest BCUT2D eigenvalue weighted by Gasteiger charge is 2.58. The number of ether oxygens (including phenoxy) is 2. The molecule has 3 rings (SSSR count). The van der Waals surface area contributed by atoms with E-state index < -0.39 is 0 Å². The summed E-state index contributed by atoms with van der Waals surface area (Å²) in [4.78, 5) is 0. The Morgan fingerprint density at radius 1 is 0.875 bits per heavy atom. The fourth-order valence-corrected chi connectivity index (χ4v) is 4.57. The first kappa shape index (κ1) is 10.2. The second-order valence-corrected chi connectivity index (χ2v) is 5.40. The molecule has 0 aliphatic heterocycles. The van der Waals surface area contributed by atoms with E-state index in [0.717, 1.165) is 23.7 Å². The Bertz CT molecular complexity index is 299. The molecule has 3 aliphatic rings. The molecule has 16 heavy (non-hydrogen) atoms. The van der Waals surface area contributed by atoms with Crippen LogP contribution in [0.15, 0.2) is 25.7 Å². The Hall–Kier alpha value is -0.920. The van der Waals surface area contributed by atoms with E-state index in [1.54, 1.807) is 12.5 Å². The lowest BCUT2D eigenvalue weighted by Gasteiger charge is -2.32. The van der Waals surface area contributed by atoms with Crippen molar-refractivity contribution in [2.24, 2.45) is 23.7 Å². The SMILES string of the molecule is C=COC1CC2CC1C1CCC(OC=C)C21. The van der Waals surface area contributed by atoms with E-state index in [9.17, 15) is 0 Å². The van der Waals surface area contributed by atoms with Crippen molar-refractivity contribution in [3.8, 4) is 0 Å². The summed E-state index contributed by atoms with van der Waals surface area (Å²) in [5.41, 5.74) is 0. The van der Waals surface area contributed by atoms with Gasteiger partial charge in [-0.25, -0.2) is 0 Å². The van der Waals surface area contributed by atoms with E-state index in [0.29, 0.717) is 12.2 Å². The maximum atomic E-state index is 5.67. The summed E-state index contributed by atoms with van der Waals surface area (Å²) in [6, 6.07) is 0. The van der Waals surface area contributed by atoms with Gasteiger partial charge in [-0.3, -0.25) is 0 Å². The minimum atomic E-state index is 0.433. The zero-order valence-corrected chi connectivity index (χ0v) is 9.68. The normalized spacial score (nSPS) is 48.8. The van der Waals surface area contributed by atoms with Crippen LogP contribution >= 0.6 is 0 Å². The molecule has 2 nitrogen and oxygen atoms in total. The van der Waals surface area contributed by atoms with Gasteiger partial charge in [0.1, 0.15) is 12.2 Å². The van der Waals surface area contributed by atoms with Gasteiger partial charge in [0.25, 0.3) is 0 Å². The molecule has 0 amide bonds. The topological polar surface area (TPSA) is 18.5 Å². The average Bonchev–Trinajstić information content (AvgIpc) is 2.90. The molecule has 6 atom stereocenters. The van der Waals surface area contributed by atoms with E-state index in [2.05, 4.69) is 13.2 Å². The summed E-state index contributed by atoms with van der Waals surface area (Å²) in [5, 5.41) is 0. The molecule has 6 unspecified atom stereocenters. The zero-order valence-electron chi connectivity index (χ0n) is 9.68. The number of hydrogen-bond acceptors (Lipinski definition) is 2. The van der Waals surface area contributed by atoms with Crippen molar-refractivity contribution in [2.75, 3.05) is 0 Å². The van der Waals surface area contributed by atoms with Crippen LogP contribution in [0.5, 0.6) is 0 Å². The van der Waals surface area contributed by atoms with Crippen LogP contribution in [0.1, 0.15) is 25.7 Å². The van der Waals surface area contributed by atoms with Crippen LogP contribution in [0.25, 0.3) is 0 Å². The molecule has 0 heterocycles. The predicted molar refractivity (Wildman–Crippen MR) is 62.6 cm³/mol. The van der Waals surface area contributed by atoms with Gasteiger partial charge in [-0.1, -0.05) is 13.2 Å². The van der Waals surface area contributed by atoms with E-state index in [1.165, 1.54) is 25.7 Å². The summed E-state index contributed by atoms with van der Waals surface area (Å²) < 4.78 is 11.3. The van der Waals surface area contributed by atoms with E-state index >= 15 is 0 Å². The van der Waals surface area contributed by atoms with Crippen molar-refractivity contribution in [3.05, 3.63) is 25.7 Å². The lowest BCUT2D eigenvalue weighted by molar-refractivity contribution is 0.0161. The molecule has 2 heteroatoms. The maximum Gasteiger partial charge on any atom is 0.101 e. The molecule has 88 valence electrons. The van der Waals surface area contributed by atoms with Crippen LogP contribution in [0.4, 0.5) is 0 Å². The van der Waals surface area contributed by atoms with Gasteiger partial charge in [0.2, 0.25) is 0 Å². The fourth-order valence-electron chi connectivity index (χ4n) is 4.57. The second kappa shape index (κ2) is 3.83. The first-order valence-corrected chi connectivity index (χ1v) is 6.38. The van der Waals surface area contributed by atoms with Crippen LogP contribution in [0, 0.1) is 23.7 Å². The molecule has 0 aromatic heterocycles. The van der Waals surface area contributed by atoms with Crippen LogP contribution in [0.3, 0.4) is 0 Å². The molecular formula is C14H20O2. The van der Waals surface area contributed by atoms with Crippen molar-refractivity contribution in [1.29, 1.82) is 0 Å². The highest BCUT2D eigenvalue weighted by molar-refractivity contribution is 5.07. The minimum Gasteiger partial charge on any atom is -0.498 e. The van der Waals surface area contributed by atoms with Crippen LogP contribution in [-0.2, 0) is 9.47 Å². The second-order valence-electron chi connectivity index (χ2n) is 5.40. The molecule has 0 spiro atoms. The Morgan fingerprint density at radius 2 is 1.62 bits per heavy atom. The maximum absolute atomic E-state index is 5.67. The molecule has 0 saturated heterocycles. The summed E-state index contributed by atoms with van der Waals surface area (Å²) in [6.45, 7) is 7.36. The standard InChI is InChI=1S/C14H20O2/c1-3-15-12-6-5-10-11-7-9(14(10)12)8-13(11)16-4-2/h3-4,9-14H,1-2,5-8H2. The molecule has 0 radical (unpaired) electrons. The van der Waals surface area contributed by atoms with Crippen molar-refractivity contribution >= 4 is 0 Å². The van der Waals surface area contributed by atoms with Crippen LogP contribution in [0.2, 0.25) is 0 Å². The first-order chi connectivity index (χ1) is 7.85. The van der Waals surface area contributed by atoms with Gasteiger partial charge in [0.15, 0.2) is 0 Å². The monoisotopic (exact) mass is 220 g/mol. The Balaban J connectivity index is 1.73. The largest absolute Gasteiger partial charge is 0.498 e. The molecule has 3 aliphatic carbocycles. The summed E-state index contributed by atoms with van der Waals surface area (Å²) in [7, 11) is 0. The van der Waals surface area contributed by atoms with Gasteiger partial charge < -0.3 is 9.47 Å². The smallest absolute Gasteiger partial charge is 0.101 e. The molecule has 2 bridgehead atoms. The number of hydrogen-bond donors (Lipinski definition) is 0. The summed E-state index contributed by atoms with van der Waals surface area (Å²) >= 11 is 0. The van der Waals surface area contributed by atoms with Gasteiger partial charge in [0.05, 0.1) is 12.5 Å². The van der Waals surface area contributed by atoms with Crippen molar-refractivity contribution in [3.63, 3.8) is 0 Å². The van der Waals surface area contributed by atoms with E-state index in [1.807, 2.05) is 0 Å². The Kier molecular flexibility index (Phi) is 2.45. The minimum absolute atomic E-state index is 0.433. The third-order valence-electron chi connectivity index (χ3n) is 4.93. The Labute approximate surface area is 97.3 Å². The average molecular weight is 220 g/mol. The fraction of sp³-hybridized carbons (Fsp3) is 0.714. The van der Waals surface area contributed by atoms with Gasteiger partial charge in [0, 0.05) is 5.92 Å². The van der Waals surface area contributed by atoms with Crippen molar-refractivity contribution < 1.29 is 9.47 Å². The van der Waals surface area contributed by atoms with Gasteiger partial charge >= 0.3 is 0 Å². The van der Waals surface area contributed by atoms with E-state index in [-0.39, 0.29) is 0 Å². The molecule has 0 N–H and O–H groups in total. The summed E-state index contributed by atoms with van der Waals surface area (Å²) in [6.07, 6.45) is 9.16. The van der Waals surface area contributed by atoms with Gasteiger partial charge in [-0.05, 0) is 43.4 Å². The first-order valence-electron chi connectivity index (χ1n) is 6.38. The highest BCUT2D eigenvalue weighted by atomic mass is 16.5. The molecule has 3 fully saturated rings. The van der Waals surface area contributed by atoms with Crippen molar-refractivity contribution in [1.82, 2.24) is 0 Å². The van der Waals surface area contributed by atoms with Gasteiger partial charge in [-0.2, -0.15) is 0 Å². The van der Waals surface area contributed by atoms with Gasteiger partial charge in [-0.15, -0.1) is 0 Å². The van der Waals surface area contributed by atoms with Crippen LogP contribution in [-0.4, -0.2) is 12.2 Å². The molecule has 0 aromatic rings. The lowest BCUT2D eigenvalue weighted by Crippen LogP contribution is -2.33. The van der Waals surface area contributed by atoms with Crippen LogP contribution < -0.4 is 0 Å². The molecule has 3 saturated carbocycles. The quantitative estimate of drug-likeness (QED) is 0.678. The van der Waals surface area contributed by atoms with E-state index in [4.69, 9.17) is 9.47 Å². The molecule has 0 aromatic carbocycles.